The molecule has 0 bridgehead atoms. The van der Waals surface area contributed by atoms with E-state index >= 15 is 0 Å². The van der Waals surface area contributed by atoms with Crippen molar-refractivity contribution in [2.75, 3.05) is 0 Å². The van der Waals surface area contributed by atoms with Gasteiger partial charge in [0.15, 0.2) is 0 Å². The molecular weight excluding hydrogens is 1130 g/mol. The van der Waals surface area contributed by atoms with E-state index in [1.807, 2.05) is 31.2 Å². The zero-order valence-electron chi connectivity index (χ0n) is 44.5. The van der Waals surface area contributed by atoms with Crippen LogP contribution < -0.4 is 4.74 Å². The Morgan fingerprint density at radius 3 is 1.15 bits per heavy atom. The fourth-order valence-corrected chi connectivity index (χ4v) is 8.01. The summed E-state index contributed by atoms with van der Waals surface area (Å²) in [7, 11) is 0. The number of carbonyl (C=O) groups is 4. The van der Waals surface area contributed by atoms with E-state index in [1.165, 1.54) is 97.1 Å². The number of halogens is 8. The molecule has 86 heavy (non-hydrogen) atoms. The minimum atomic E-state index is -4.75. The molecule has 4 aliphatic rings. The third kappa shape index (κ3) is 17.3. The number of cyclic esters (lactones) is 4. The molecule has 0 spiro atoms. The van der Waals surface area contributed by atoms with Gasteiger partial charge < -0.3 is 23.7 Å². The average Bonchev–Trinajstić information content (AvgIpc) is 4.41. The van der Waals surface area contributed by atoms with Gasteiger partial charge in [-0.1, -0.05) is 103 Å². The van der Waals surface area contributed by atoms with Crippen LogP contribution in [0.25, 0.3) is 41.0 Å². The van der Waals surface area contributed by atoms with Gasteiger partial charge in [0.05, 0.1) is 28.8 Å². The second kappa shape index (κ2) is 27.1. The van der Waals surface area contributed by atoms with Gasteiger partial charge in [-0.3, -0.25) is 0 Å². The van der Waals surface area contributed by atoms with Crippen LogP contribution >= 0.6 is 0 Å². The lowest BCUT2D eigenvalue weighted by Gasteiger charge is -2.10. The van der Waals surface area contributed by atoms with Crippen molar-refractivity contribution in [3.05, 3.63) is 296 Å². The van der Waals surface area contributed by atoms with E-state index in [0.717, 1.165) is 34.4 Å². The van der Waals surface area contributed by atoms with E-state index < -0.39 is 42.0 Å². The van der Waals surface area contributed by atoms with Crippen molar-refractivity contribution < 1.29 is 78.0 Å². The first-order chi connectivity index (χ1) is 41.1. The van der Waals surface area contributed by atoms with Crippen molar-refractivity contribution in [3.8, 4) is 17.9 Å². The second-order valence-electron chi connectivity index (χ2n) is 18.3. The zero-order valence-corrected chi connectivity index (χ0v) is 44.5. The Kier molecular flexibility index (Phi) is 19.1. The topological polar surface area (TPSA) is 162 Å². The van der Waals surface area contributed by atoms with E-state index in [4.69, 9.17) is 29.5 Å². The summed E-state index contributed by atoms with van der Waals surface area (Å²) in [5.41, 5.74) is 8.20. The van der Waals surface area contributed by atoms with Crippen LogP contribution in [0.15, 0.2) is 223 Å². The Labute approximate surface area is 485 Å². The van der Waals surface area contributed by atoms with Crippen LogP contribution in [0.4, 0.5) is 35.1 Å². The highest BCUT2D eigenvalue weighted by Crippen LogP contribution is 2.36. The molecule has 0 amide bonds. The molecule has 0 aromatic heterocycles. The van der Waals surface area contributed by atoms with E-state index in [2.05, 4.69) is 16.9 Å². The molecule has 19 heteroatoms. The van der Waals surface area contributed by atoms with Crippen molar-refractivity contribution in [1.29, 1.82) is 10.5 Å². The first-order valence-electron chi connectivity index (χ1n) is 25.3. The van der Waals surface area contributed by atoms with E-state index in [9.17, 15) is 54.3 Å². The van der Waals surface area contributed by atoms with Crippen LogP contribution in [-0.2, 0) is 44.3 Å². The minimum absolute atomic E-state index is 0.315. The summed E-state index contributed by atoms with van der Waals surface area (Å²) in [4.78, 5) is 45.4. The molecule has 0 radical (unpaired) electrons. The summed E-state index contributed by atoms with van der Waals surface area (Å²) < 4.78 is 124. The van der Waals surface area contributed by atoms with Crippen molar-refractivity contribution in [3.63, 3.8) is 0 Å². The highest BCUT2D eigenvalue weighted by Gasteiger charge is 2.32. The van der Waals surface area contributed by atoms with Gasteiger partial charge in [0.2, 0.25) is 0 Å². The average molecular weight is 1170 g/mol. The minimum Gasteiger partial charge on any atom is -0.423 e. The molecule has 0 N–H and O–H groups in total. The SMILES string of the molecule is Cc1ccc(C=C2OC(=O)C=C2c2ccc(OC(F)(F)F)cc2)cc1.N#Cc1ccc(/C=C2\OC(=O)C=C2c2ccc(C#N)cc2)cc1.O=C1C=C(c2ccc(F)cc2)C(=Cc2ccc(F)cc2)O1.O=C1C=CC(=Cc2ccc(C(F)(F)F)cc2)O1. The van der Waals surface area contributed by atoms with Gasteiger partial charge >= 0.3 is 36.4 Å². The summed E-state index contributed by atoms with van der Waals surface area (Å²) in [6.45, 7) is 1.96. The first-order valence-corrected chi connectivity index (χ1v) is 25.3. The monoisotopic (exact) mass is 1170 g/mol. The van der Waals surface area contributed by atoms with Crippen LogP contribution in [0.3, 0.4) is 0 Å². The number of nitrogens with zero attached hydrogens (tertiary/aromatic N) is 2. The molecule has 7 aromatic carbocycles. The standard InChI is InChI=1S/C19H13F3O3.C19H10N2O2.C17H10F2O2.C12H7F3O2/c1-12-2-4-13(5-3-12)10-17-16(11-18(23)24-17)14-6-8-15(9-7-14)25-19(20,21)22;20-11-14-3-1-13(2-4-14)9-18-17(10-19(22)23-18)16-7-5-15(12-21)6-8-16;18-13-5-1-11(2-6-13)9-16-15(10-17(20)21-16)12-3-7-14(19)8-4-12;13-12(14,15)9-3-1-8(2-4-9)7-10-5-6-11(16)17-10/h2-11H,1H3;1-10H;1-10H;1-7H/b;18-9-;;. The van der Waals surface area contributed by atoms with E-state index in [-0.39, 0.29) is 17.4 Å². The van der Waals surface area contributed by atoms with Crippen LogP contribution in [0.5, 0.6) is 5.75 Å². The van der Waals surface area contributed by atoms with Gasteiger partial charge in [-0.2, -0.15) is 23.7 Å². The van der Waals surface area contributed by atoms with Crippen LogP contribution in [0.1, 0.15) is 61.2 Å². The van der Waals surface area contributed by atoms with Gasteiger partial charge in [-0.05, 0) is 149 Å². The molecule has 0 unspecified atom stereocenters. The maximum atomic E-state index is 13.0. The van der Waals surface area contributed by atoms with Crippen LogP contribution in [-0.4, -0.2) is 30.2 Å². The van der Waals surface area contributed by atoms with E-state index in [0.29, 0.717) is 73.1 Å². The molecule has 11 nitrogen and oxygen atoms in total. The summed E-state index contributed by atoms with van der Waals surface area (Å²) in [6.07, 6.45) is 4.28. The number of hydrogen-bond acceptors (Lipinski definition) is 11. The number of nitriles is 2. The molecule has 0 atom stereocenters. The summed E-state index contributed by atoms with van der Waals surface area (Å²) in [5.74, 6) is -1.47. The Hall–Kier alpha value is -11.4. The molecule has 4 heterocycles. The highest BCUT2D eigenvalue weighted by molar-refractivity contribution is 6.05. The normalized spacial score (nSPS) is 16.0. The summed E-state index contributed by atoms with van der Waals surface area (Å²) >= 11 is 0. The number of esters is 4. The lowest BCUT2D eigenvalue weighted by atomic mass is 10.0. The molecular formula is C67H40F8N2O9. The fraction of sp³-hybridized carbons (Fsp3) is 0.0448. The number of allylic oxidation sites excluding steroid dienone is 4. The van der Waals surface area contributed by atoms with Crippen molar-refractivity contribution in [1.82, 2.24) is 0 Å². The van der Waals surface area contributed by atoms with Gasteiger partial charge in [0.1, 0.15) is 40.4 Å². The van der Waals surface area contributed by atoms with Crippen LogP contribution in [0.2, 0.25) is 0 Å². The lowest BCUT2D eigenvalue weighted by molar-refractivity contribution is -0.274. The van der Waals surface area contributed by atoms with E-state index in [1.54, 1.807) is 91.0 Å². The fourth-order valence-electron chi connectivity index (χ4n) is 8.01. The maximum absolute atomic E-state index is 13.0. The Morgan fingerprint density at radius 1 is 0.419 bits per heavy atom. The number of rotatable bonds is 8. The van der Waals surface area contributed by atoms with Gasteiger partial charge in [-0.25, -0.2) is 28.0 Å². The van der Waals surface area contributed by atoms with Crippen molar-refractivity contribution in [2.24, 2.45) is 0 Å². The molecule has 0 saturated heterocycles. The summed E-state index contributed by atoms with van der Waals surface area (Å²) in [5, 5.41) is 17.7. The Balaban J connectivity index is 0.000000150. The number of benzene rings is 7. The third-order valence-electron chi connectivity index (χ3n) is 12.1. The molecule has 0 saturated carbocycles. The molecule has 7 aromatic rings. The third-order valence-corrected chi connectivity index (χ3v) is 12.1. The number of aryl methyl sites for hydroxylation is 1. The Morgan fingerprint density at radius 2 is 0.767 bits per heavy atom. The second-order valence-corrected chi connectivity index (χ2v) is 18.3. The number of ether oxygens (including phenoxy) is 5. The highest BCUT2D eigenvalue weighted by atomic mass is 19.4. The molecule has 428 valence electrons. The van der Waals surface area contributed by atoms with Gasteiger partial charge in [0.25, 0.3) is 0 Å². The maximum Gasteiger partial charge on any atom is 0.573 e. The van der Waals surface area contributed by atoms with Crippen molar-refractivity contribution >= 4 is 64.9 Å². The predicted molar refractivity (Wildman–Crippen MR) is 300 cm³/mol. The predicted octanol–water partition coefficient (Wildman–Crippen LogP) is 15.4. The smallest absolute Gasteiger partial charge is 0.423 e. The zero-order chi connectivity index (χ0) is 61.5. The van der Waals surface area contributed by atoms with Gasteiger partial charge in [0, 0.05) is 41.0 Å². The molecule has 11 rings (SSSR count). The van der Waals surface area contributed by atoms with Gasteiger partial charge in [-0.15, -0.1) is 13.2 Å². The molecule has 0 aliphatic carbocycles. The van der Waals surface area contributed by atoms with Crippen LogP contribution in [0, 0.1) is 41.2 Å². The Bertz CT molecular complexity index is 4050. The quantitative estimate of drug-likeness (QED) is 0.0809. The largest absolute Gasteiger partial charge is 0.573 e. The number of carbonyl (C=O) groups excluding carboxylic acids is 4. The lowest BCUT2D eigenvalue weighted by Crippen LogP contribution is -2.16. The number of alkyl halides is 6. The molecule has 4 aliphatic heterocycles. The summed E-state index contributed by atoms with van der Waals surface area (Å²) in [6, 6.07) is 47.1. The van der Waals surface area contributed by atoms with Crippen molar-refractivity contribution in [2.45, 2.75) is 19.5 Å². The number of hydrogen-bond donors (Lipinski definition) is 0. The molecule has 0 fully saturated rings. The first kappa shape index (κ1) is 60.7.